The van der Waals surface area contributed by atoms with Gasteiger partial charge in [-0.25, -0.2) is 0 Å². The first-order chi connectivity index (χ1) is 13.2. The van der Waals surface area contributed by atoms with Gasteiger partial charge in [-0.15, -0.1) is 0 Å². The van der Waals surface area contributed by atoms with Crippen LogP contribution in [0.2, 0.25) is 0 Å². The summed E-state index contributed by atoms with van der Waals surface area (Å²) >= 11 is 0. The third kappa shape index (κ3) is 2.94. The average Bonchev–Trinajstić information content (AvgIpc) is 2.74. The topological polar surface area (TPSA) is 32.3 Å². The molecule has 0 saturated carbocycles. The van der Waals surface area contributed by atoms with Gasteiger partial charge < -0.3 is 5.32 Å². The Balaban J connectivity index is 2.05. The Morgan fingerprint density at radius 1 is 0.778 bits per heavy atom. The van der Waals surface area contributed by atoms with Crippen LogP contribution >= 0.6 is 0 Å². The second kappa shape index (κ2) is 7.37. The first kappa shape index (κ1) is 17.5. The van der Waals surface area contributed by atoms with Gasteiger partial charge >= 0.3 is 0 Å². The summed E-state index contributed by atoms with van der Waals surface area (Å²) in [5, 5.41) is 3.01. The van der Waals surface area contributed by atoms with Crippen molar-refractivity contribution < 1.29 is 4.79 Å². The molecule has 1 saturated heterocycles. The van der Waals surface area contributed by atoms with Gasteiger partial charge in [0.2, 0.25) is 5.91 Å². The summed E-state index contributed by atoms with van der Waals surface area (Å²) in [6.45, 7) is 3.43. The molecule has 1 fully saturated rings. The number of nitrogens with one attached hydrogen (secondary N) is 1. The quantitative estimate of drug-likeness (QED) is 0.721. The fraction of sp³-hybridized carbons (Fsp3) is 0.208. The van der Waals surface area contributed by atoms with Gasteiger partial charge in [-0.3, -0.25) is 9.69 Å². The van der Waals surface area contributed by atoms with E-state index in [1.165, 1.54) is 16.7 Å². The molecule has 136 valence electrons. The largest absolute Gasteiger partial charge is 0.353 e. The highest BCUT2D eigenvalue weighted by Crippen LogP contribution is 2.43. The molecule has 3 nitrogen and oxygen atoms in total. The molecule has 1 aliphatic heterocycles. The van der Waals surface area contributed by atoms with Gasteiger partial charge in [-0.1, -0.05) is 91.0 Å². The zero-order valence-electron chi connectivity index (χ0n) is 15.5. The summed E-state index contributed by atoms with van der Waals surface area (Å²) in [4.78, 5) is 14.9. The maximum atomic E-state index is 12.6. The summed E-state index contributed by atoms with van der Waals surface area (Å²) in [6, 6.07) is 31.3. The highest BCUT2D eigenvalue weighted by Gasteiger charge is 2.46. The minimum absolute atomic E-state index is 0.0772. The number of piperazine rings is 1. The van der Waals surface area contributed by atoms with Crippen molar-refractivity contribution in [3.63, 3.8) is 0 Å². The van der Waals surface area contributed by atoms with Gasteiger partial charge in [0.25, 0.3) is 0 Å². The maximum Gasteiger partial charge on any atom is 0.237 e. The van der Waals surface area contributed by atoms with Crippen molar-refractivity contribution in [1.82, 2.24) is 10.2 Å². The number of carbonyl (C=O) groups excluding carboxylic acids is 1. The van der Waals surface area contributed by atoms with Crippen LogP contribution in [0, 0.1) is 0 Å². The van der Waals surface area contributed by atoms with Crippen LogP contribution in [0.25, 0.3) is 0 Å². The van der Waals surface area contributed by atoms with E-state index in [0.29, 0.717) is 6.54 Å². The van der Waals surface area contributed by atoms with Crippen LogP contribution in [0.4, 0.5) is 0 Å². The van der Waals surface area contributed by atoms with Crippen LogP contribution in [0.15, 0.2) is 91.0 Å². The SMILES string of the molecule is CC1C(=O)NCCN1C(c1ccccc1)(c1ccccc1)c1ccccc1. The minimum Gasteiger partial charge on any atom is -0.353 e. The van der Waals surface area contributed by atoms with Crippen molar-refractivity contribution in [2.45, 2.75) is 18.5 Å². The van der Waals surface area contributed by atoms with Crippen LogP contribution in [0.1, 0.15) is 23.6 Å². The monoisotopic (exact) mass is 356 g/mol. The number of hydrogen-bond acceptors (Lipinski definition) is 2. The van der Waals surface area contributed by atoms with E-state index < -0.39 is 5.54 Å². The van der Waals surface area contributed by atoms with Crippen molar-refractivity contribution in [3.05, 3.63) is 108 Å². The molecule has 1 N–H and O–H groups in total. The van der Waals surface area contributed by atoms with Crippen LogP contribution in [0.3, 0.4) is 0 Å². The molecular formula is C24H24N2O. The lowest BCUT2D eigenvalue weighted by atomic mass is 9.74. The van der Waals surface area contributed by atoms with E-state index in [1.54, 1.807) is 0 Å². The second-order valence-electron chi connectivity index (χ2n) is 6.97. The van der Waals surface area contributed by atoms with Gasteiger partial charge in [-0.2, -0.15) is 0 Å². The molecule has 0 aromatic heterocycles. The zero-order valence-corrected chi connectivity index (χ0v) is 15.5. The van der Waals surface area contributed by atoms with Crippen molar-refractivity contribution >= 4 is 5.91 Å². The third-order valence-corrected chi connectivity index (χ3v) is 5.50. The zero-order chi connectivity index (χ0) is 18.7. The van der Waals surface area contributed by atoms with Gasteiger partial charge in [0.1, 0.15) is 0 Å². The highest BCUT2D eigenvalue weighted by atomic mass is 16.2. The Hall–Kier alpha value is -2.91. The number of hydrogen-bond donors (Lipinski definition) is 1. The fourth-order valence-electron chi connectivity index (χ4n) is 4.28. The summed E-state index contributed by atoms with van der Waals surface area (Å²) in [7, 11) is 0. The molecule has 1 atom stereocenters. The molecule has 0 radical (unpaired) electrons. The van der Waals surface area contributed by atoms with Crippen molar-refractivity contribution in [2.75, 3.05) is 13.1 Å². The molecule has 1 heterocycles. The first-order valence-electron chi connectivity index (χ1n) is 9.45. The lowest BCUT2D eigenvalue weighted by Crippen LogP contribution is -2.62. The molecule has 3 aromatic carbocycles. The van der Waals surface area contributed by atoms with Crippen molar-refractivity contribution in [3.8, 4) is 0 Å². The standard InChI is InChI=1S/C24H24N2O/c1-19-23(27)25-17-18-26(19)24(20-11-5-2-6-12-20,21-13-7-3-8-14-21)22-15-9-4-10-16-22/h2-16,19H,17-18H2,1H3,(H,25,27). The lowest BCUT2D eigenvalue weighted by molar-refractivity contribution is -0.130. The first-order valence-corrected chi connectivity index (χ1v) is 9.45. The molecule has 3 heteroatoms. The molecule has 4 rings (SSSR count). The van der Waals surface area contributed by atoms with E-state index in [2.05, 4.69) is 83.0 Å². The van der Waals surface area contributed by atoms with E-state index in [-0.39, 0.29) is 11.9 Å². The summed E-state index contributed by atoms with van der Waals surface area (Å²) in [6.07, 6.45) is 0. The van der Waals surface area contributed by atoms with Crippen molar-refractivity contribution in [1.29, 1.82) is 0 Å². The fourth-order valence-corrected chi connectivity index (χ4v) is 4.28. The van der Waals surface area contributed by atoms with Crippen molar-refractivity contribution in [2.24, 2.45) is 0 Å². The Kier molecular flexibility index (Phi) is 4.78. The lowest BCUT2D eigenvalue weighted by Gasteiger charge is -2.49. The number of rotatable bonds is 4. The summed E-state index contributed by atoms with van der Waals surface area (Å²) < 4.78 is 0. The Morgan fingerprint density at radius 3 is 1.59 bits per heavy atom. The van der Waals surface area contributed by atoms with Crippen LogP contribution in [0.5, 0.6) is 0 Å². The van der Waals surface area contributed by atoms with E-state index >= 15 is 0 Å². The molecular weight excluding hydrogens is 332 g/mol. The highest BCUT2D eigenvalue weighted by molar-refractivity contribution is 5.82. The summed E-state index contributed by atoms with van der Waals surface area (Å²) in [5.41, 5.74) is 2.98. The van der Waals surface area contributed by atoms with E-state index in [0.717, 1.165) is 6.54 Å². The predicted octanol–water partition coefficient (Wildman–Crippen LogP) is 3.80. The molecule has 1 amide bonds. The number of nitrogens with zero attached hydrogens (tertiary/aromatic N) is 1. The van der Waals surface area contributed by atoms with E-state index in [9.17, 15) is 4.79 Å². The van der Waals surface area contributed by atoms with E-state index in [1.807, 2.05) is 25.1 Å². The number of carbonyl (C=O) groups is 1. The van der Waals surface area contributed by atoms with Crippen LogP contribution < -0.4 is 5.32 Å². The molecule has 0 spiro atoms. The smallest absolute Gasteiger partial charge is 0.237 e. The van der Waals surface area contributed by atoms with E-state index in [4.69, 9.17) is 0 Å². The Labute approximate surface area is 160 Å². The van der Waals surface area contributed by atoms with Crippen LogP contribution in [-0.4, -0.2) is 29.9 Å². The molecule has 0 bridgehead atoms. The van der Waals surface area contributed by atoms with Gasteiger partial charge in [0.05, 0.1) is 11.6 Å². The Bertz CT molecular complexity index is 797. The third-order valence-electron chi connectivity index (χ3n) is 5.50. The minimum atomic E-state index is -0.527. The Morgan fingerprint density at radius 2 is 1.19 bits per heavy atom. The van der Waals surface area contributed by atoms with Gasteiger partial charge in [-0.05, 0) is 23.6 Å². The molecule has 1 unspecified atom stereocenters. The molecule has 0 aliphatic carbocycles. The maximum absolute atomic E-state index is 12.6. The molecule has 3 aromatic rings. The van der Waals surface area contributed by atoms with Gasteiger partial charge in [0.15, 0.2) is 0 Å². The van der Waals surface area contributed by atoms with Gasteiger partial charge in [0, 0.05) is 13.1 Å². The summed E-state index contributed by atoms with van der Waals surface area (Å²) in [5.74, 6) is 0.0772. The second-order valence-corrected chi connectivity index (χ2v) is 6.97. The normalized spacial score (nSPS) is 18.1. The molecule has 27 heavy (non-hydrogen) atoms. The predicted molar refractivity (Wildman–Crippen MR) is 108 cm³/mol. The van der Waals surface area contributed by atoms with Crippen LogP contribution in [-0.2, 0) is 10.3 Å². The number of amides is 1. The number of benzene rings is 3. The average molecular weight is 356 g/mol. The molecule has 1 aliphatic rings.